The van der Waals surface area contributed by atoms with E-state index in [2.05, 4.69) is 0 Å². The molecule has 1 aromatic rings. The molecular formula is C10H11ClO. The van der Waals surface area contributed by atoms with Crippen LogP contribution in [0, 0.1) is 5.92 Å². The van der Waals surface area contributed by atoms with Crippen molar-refractivity contribution in [3.63, 3.8) is 0 Å². The lowest BCUT2D eigenvalue weighted by molar-refractivity contribution is 0.154. The molecule has 1 saturated carbocycles. The summed E-state index contributed by atoms with van der Waals surface area (Å²) in [7, 11) is 0. The van der Waals surface area contributed by atoms with Gasteiger partial charge in [-0.3, -0.25) is 0 Å². The Labute approximate surface area is 77.0 Å². The van der Waals surface area contributed by atoms with Crippen LogP contribution in [-0.2, 0) is 0 Å². The molecule has 0 heterocycles. The summed E-state index contributed by atoms with van der Waals surface area (Å²) in [6, 6.07) is 7.43. The van der Waals surface area contributed by atoms with Crippen LogP contribution in [0.15, 0.2) is 24.3 Å². The quantitative estimate of drug-likeness (QED) is 0.746. The Balaban J connectivity index is 2.16. The minimum Gasteiger partial charge on any atom is -0.388 e. The van der Waals surface area contributed by atoms with Crippen molar-refractivity contribution < 1.29 is 5.11 Å². The fourth-order valence-electron chi connectivity index (χ4n) is 1.34. The number of halogens is 1. The maximum absolute atomic E-state index is 9.71. The van der Waals surface area contributed by atoms with Crippen LogP contribution in [0.3, 0.4) is 0 Å². The van der Waals surface area contributed by atoms with Gasteiger partial charge in [0.15, 0.2) is 0 Å². The number of rotatable bonds is 2. The van der Waals surface area contributed by atoms with Gasteiger partial charge in [0.1, 0.15) is 0 Å². The molecule has 2 rings (SSSR count). The Morgan fingerprint density at radius 3 is 2.33 bits per heavy atom. The van der Waals surface area contributed by atoms with Crippen molar-refractivity contribution in [1.29, 1.82) is 0 Å². The van der Waals surface area contributed by atoms with Gasteiger partial charge in [0.05, 0.1) is 6.10 Å². The molecule has 1 aromatic carbocycles. The number of aliphatic hydroxyl groups excluding tert-OH is 1. The minimum absolute atomic E-state index is 0.276. The number of hydrogen-bond donors (Lipinski definition) is 1. The molecule has 1 aliphatic rings. The number of hydrogen-bond acceptors (Lipinski definition) is 1. The van der Waals surface area contributed by atoms with Gasteiger partial charge in [-0.2, -0.15) is 0 Å². The molecule has 64 valence electrons. The average molecular weight is 183 g/mol. The van der Waals surface area contributed by atoms with Crippen molar-refractivity contribution in [3.05, 3.63) is 34.9 Å². The second-order valence-electron chi connectivity index (χ2n) is 3.33. The van der Waals surface area contributed by atoms with Crippen LogP contribution in [0.5, 0.6) is 0 Å². The van der Waals surface area contributed by atoms with Crippen molar-refractivity contribution in [2.45, 2.75) is 18.9 Å². The van der Waals surface area contributed by atoms with Crippen molar-refractivity contribution >= 4 is 11.6 Å². The lowest BCUT2D eigenvalue weighted by Crippen LogP contribution is -1.98. The van der Waals surface area contributed by atoms with Crippen LogP contribution in [0.1, 0.15) is 24.5 Å². The first-order valence-corrected chi connectivity index (χ1v) is 4.59. The standard InChI is InChI=1S/C10H11ClO/c11-9-5-3-8(4-6-9)10(12)7-1-2-7/h3-7,10,12H,1-2H2/t10-/m1/s1. The molecule has 0 saturated heterocycles. The molecule has 0 spiro atoms. The SMILES string of the molecule is O[C@@H](c1ccc(Cl)cc1)C1CC1. The Bertz CT molecular complexity index is 264. The zero-order valence-corrected chi connectivity index (χ0v) is 7.46. The first-order chi connectivity index (χ1) is 5.77. The first-order valence-electron chi connectivity index (χ1n) is 4.21. The highest BCUT2D eigenvalue weighted by Crippen LogP contribution is 2.40. The summed E-state index contributed by atoms with van der Waals surface area (Å²) in [4.78, 5) is 0. The van der Waals surface area contributed by atoms with E-state index < -0.39 is 0 Å². The van der Waals surface area contributed by atoms with Gasteiger partial charge >= 0.3 is 0 Å². The second kappa shape index (κ2) is 3.08. The molecule has 0 radical (unpaired) electrons. The van der Waals surface area contributed by atoms with Gasteiger partial charge in [0, 0.05) is 5.02 Å². The monoisotopic (exact) mass is 182 g/mol. The summed E-state index contributed by atoms with van der Waals surface area (Å²) < 4.78 is 0. The Morgan fingerprint density at radius 1 is 1.25 bits per heavy atom. The van der Waals surface area contributed by atoms with E-state index in [9.17, 15) is 5.11 Å². The molecule has 0 unspecified atom stereocenters. The normalized spacial score (nSPS) is 19.2. The molecule has 1 nitrogen and oxygen atoms in total. The van der Waals surface area contributed by atoms with E-state index in [4.69, 9.17) is 11.6 Å². The molecule has 2 heteroatoms. The topological polar surface area (TPSA) is 20.2 Å². The van der Waals surface area contributed by atoms with Gasteiger partial charge in [-0.15, -0.1) is 0 Å². The molecule has 0 bridgehead atoms. The molecule has 0 aliphatic heterocycles. The van der Waals surface area contributed by atoms with Gasteiger partial charge in [-0.25, -0.2) is 0 Å². The third-order valence-electron chi connectivity index (χ3n) is 2.28. The zero-order chi connectivity index (χ0) is 8.55. The predicted molar refractivity (Wildman–Crippen MR) is 49.1 cm³/mol. The maximum Gasteiger partial charge on any atom is 0.0818 e. The molecule has 1 N–H and O–H groups in total. The Hall–Kier alpha value is -0.530. The lowest BCUT2D eigenvalue weighted by Gasteiger charge is -2.08. The fraction of sp³-hybridized carbons (Fsp3) is 0.400. The van der Waals surface area contributed by atoms with Gasteiger partial charge in [0.25, 0.3) is 0 Å². The van der Waals surface area contributed by atoms with Crippen LogP contribution in [0.4, 0.5) is 0 Å². The second-order valence-corrected chi connectivity index (χ2v) is 3.77. The highest BCUT2D eigenvalue weighted by atomic mass is 35.5. The molecule has 0 aromatic heterocycles. The summed E-state index contributed by atoms with van der Waals surface area (Å²) >= 11 is 5.73. The average Bonchev–Trinajstić information content (AvgIpc) is 2.87. The zero-order valence-electron chi connectivity index (χ0n) is 6.70. The molecular weight excluding hydrogens is 172 g/mol. The Morgan fingerprint density at radius 2 is 1.83 bits per heavy atom. The van der Waals surface area contributed by atoms with Gasteiger partial charge < -0.3 is 5.11 Å². The minimum atomic E-state index is -0.276. The molecule has 1 atom stereocenters. The third-order valence-corrected chi connectivity index (χ3v) is 2.53. The molecule has 1 aliphatic carbocycles. The van der Waals surface area contributed by atoms with Crippen molar-refractivity contribution in [2.75, 3.05) is 0 Å². The molecule has 1 fully saturated rings. The largest absolute Gasteiger partial charge is 0.388 e. The van der Waals surface area contributed by atoms with E-state index >= 15 is 0 Å². The van der Waals surface area contributed by atoms with Crippen LogP contribution >= 0.6 is 11.6 Å². The van der Waals surface area contributed by atoms with E-state index in [0.29, 0.717) is 5.92 Å². The number of benzene rings is 1. The van der Waals surface area contributed by atoms with Crippen LogP contribution < -0.4 is 0 Å². The summed E-state index contributed by atoms with van der Waals surface area (Å²) in [5, 5.41) is 10.4. The van der Waals surface area contributed by atoms with Gasteiger partial charge in [-0.05, 0) is 36.5 Å². The third kappa shape index (κ3) is 1.62. The smallest absolute Gasteiger partial charge is 0.0818 e. The summed E-state index contributed by atoms with van der Waals surface area (Å²) in [6.45, 7) is 0. The summed E-state index contributed by atoms with van der Waals surface area (Å²) in [6.07, 6.45) is 2.04. The lowest BCUT2D eigenvalue weighted by atomic mass is 10.1. The van der Waals surface area contributed by atoms with Crippen molar-refractivity contribution in [3.8, 4) is 0 Å². The maximum atomic E-state index is 9.71. The van der Waals surface area contributed by atoms with Crippen LogP contribution in [0.25, 0.3) is 0 Å². The van der Waals surface area contributed by atoms with Crippen molar-refractivity contribution in [1.82, 2.24) is 0 Å². The predicted octanol–water partition coefficient (Wildman–Crippen LogP) is 2.78. The number of aliphatic hydroxyl groups is 1. The van der Waals surface area contributed by atoms with E-state index in [-0.39, 0.29) is 6.10 Å². The highest BCUT2D eigenvalue weighted by molar-refractivity contribution is 6.30. The van der Waals surface area contributed by atoms with E-state index in [0.717, 1.165) is 23.4 Å². The summed E-state index contributed by atoms with van der Waals surface area (Å²) in [5.41, 5.74) is 0.988. The fourth-order valence-corrected chi connectivity index (χ4v) is 1.47. The highest BCUT2D eigenvalue weighted by Gasteiger charge is 2.30. The van der Waals surface area contributed by atoms with Crippen LogP contribution in [0.2, 0.25) is 5.02 Å². The van der Waals surface area contributed by atoms with Crippen molar-refractivity contribution in [2.24, 2.45) is 5.92 Å². The molecule has 0 amide bonds. The van der Waals surface area contributed by atoms with E-state index in [1.807, 2.05) is 24.3 Å². The van der Waals surface area contributed by atoms with Gasteiger partial charge in [-0.1, -0.05) is 23.7 Å². The first kappa shape index (κ1) is 8.09. The van der Waals surface area contributed by atoms with Crippen LogP contribution in [-0.4, -0.2) is 5.11 Å². The van der Waals surface area contributed by atoms with E-state index in [1.165, 1.54) is 0 Å². The van der Waals surface area contributed by atoms with Gasteiger partial charge in [0.2, 0.25) is 0 Å². The molecule has 12 heavy (non-hydrogen) atoms. The summed E-state index contributed by atoms with van der Waals surface area (Å²) in [5.74, 6) is 0.492. The van der Waals surface area contributed by atoms with E-state index in [1.54, 1.807) is 0 Å². The Kier molecular flexibility index (Phi) is 2.07.